The molecule has 0 aromatic heterocycles. The predicted octanol–water partition coefficient (Wildman–Crippen LogP) is 7.57. The van der Waals surface area contributed by atoms with E-state index >= 15 is 0 Å². The lowest BCUT2D eigenvalue weighted by atomic mass is 9.47. The number of anilines is 1. The van der Waals surface area contributed by atoms with Gasteiger partial charge in [-0.1, -0.05) is 37.5 Å². The molecule has 0 N–H and O–H groups in total. The number of allylic oxidation sites excluding steroid dienone is 4. The number of hydrogen-bond acceptors (Lipinski definition) is 3. The number of carbonyl (C=O) groups is 2. The van der Waals surface area contributed by atoms with Gasteiger partial charge in [-0.2, -0.15) is 13.2 Å². The first kappa shape index (κ1) is 27.4. The molecule has 1 unspecified atom stereocenters. The third-order valence-electron chi connectivity index (χ3n) is 11.1. The van der Waals surface area contributed by atoms with Crippen LogP contribution in [0.3, 0.4) is 0 Å². The number of carbonyl (C=O) groups excluding carboxylic acids is 2. The van der Waals surface area contributed by atoms with Crippen LogP contribution in [0, 0.1) is 40.4 Å². The standard InChI is InChI=1S/C34H38F3NO2/c1-21-18-28-30-12-13-33(22(2)39,14-15-34(35,36)37)32(30,3)20-29(31(28)26-11-10-25(40)19-27(21)26)23-6-8-24(9-7-23)38-16-4-5-17-38/h6-9,19,21,28-30H,4-5,10-13,16-18,20H2,1-3H3/t21?,28-,29+,30-,32-,33-/m0/s1. The zero-order valence-electron chi connectivity index (χ0n) is 23.7. The molecule has 3 fully saturated rings. The lowest BCUT2D eigenvalue weighted by molar-refractivity contribution is -0.130. The number of nitrogens with zero attached hydrogens (tertiary/aromatic N) is 1. The monoisotopic (exact) mass is 549 g/mol. The largest absolute Gasteiger partial charge is 0.457 e. The molecule has 5 aliphatic rings. The van der Waals surface area contributed by atoms with Crippen molar-refractivity contribution in [3.8, 4) is 11.8 Å². The summed E-state index contributed by atoms with van der Waals surface area (Å²) >= 11 is 0. The minimum Gasteiger partial charge on any atom is -0.372 e. The maximum Gasteiger partial charge on any atom is 0.457 e. The molecule has 1 saturated heterocycles. The van der Waals surface area contributed by atoms with E-state index in [9.17, 15) is 22.8 Å². The first-order valence-electron chi connectivity index (χ1n) is 14.9. The van der Waals surface area contributed by atoms with E-state index in [2.05, 4.69) is 42.0 Å². The summed E-state index contributed by atoms with van der Waals surface area (Å²) in [7, 11) is 0. The Kier molecular flexibility index (Phi) is 6.59. The predicted molar refractivity (Wildman–Crippen MR) is 150 cm³/mol. The Hall–Kier alpha value is -2.81. The van der Waals surface area contributed by atoms with E-state index in [1.165, 1.54) is 42.5 Å². The van der Waals surface area contributed by atoms with Gasteiger partial charge >= 0.3 is 6.18 Å². The molecule has 4 aliphatic carbocycles. The molecule has 6 rings (SSSR count). The van der Waals surface area contributed by atoms with Crippen LogP contribution < -0.4 is 4.90 Å². The third-order valence-corrected chi connectivity index (χ3v) is 11.1. The number of rotatable bonds is 3. The number of alkyl halides is 3. The second kappa shape index (κ2) is 9.64. The molecule has 0 bridgehead atoms. The fraction of sp³-hybridized carbons (Fsp3) is 0.588. The van der Waals surface area contributed by atoms with Gasteiger partial charge in [-0.05, 0) is 110 Å². The van der Waals surface area contributed by atoms with Crippen molar-refractivity contribution in [1.29, 1.82) is 0 Å². The summed E-state index contributed by atoms with van der Waals surface area (Å²) < 4.78 is 40.2. The smallest absolute Gasteiger partial charge is 0.372 e. The zero-order valence-corrected chi connectivity index (χ0v) is 23.7. The topological polar surface area (TPSA) is 37.4 Å². The van der Waals surface area contributed by atoms with Gasteiger partial charge < -0.3 is 4.90 Å². The molecule has 0 amide bonds. The number of benzene rings is 1. The lowest BCUT2D eigenvalue weighted by Crippen LogP contribution is -2.50. The minimum absolute atomic E-state index is 0.0255. The number of hydrogen-bond donors (Lipinski definition) is 0. The summed E-state index contributed by atoms with van der Waals surface area (Å²) in [6.45, 7) is 7.76. The Balaban J connectivity index is 1.51. The zero-order chi connectivity index (χ0) is 28.4. The van der Waals surface area contributed by atoms with Gasteiger partial charge in [0.25, 0.3) is 0 Å². The SMILES string of the molecule is CC(=O)[C@@]1(C#CC(F)(F)F)CC[C@H]2[C@@H]3CC(C)C4=CC(=O)CCC4=C3[C@@H](c3ccc(N4CCCC4)cc3)C[C@@]21C. The van der Waals surface area contributed by atoms with Crippen LogP contribution >= 0.6 is 0 Å². The average molecular weight is 550 g/mol. The van der Waals surface area contributed by atoms with Gasteiger partial charge in [-0.3, -0.25) is 9.59 Å². The van der Waals surface area contributed by atoms with Gasteiger partial charge in [0, 0.05) is 37.0 Å². The second-order valence-corrected chi connectivity index (χ2v) is 13.1. The molecule has 40 heavy (non-hydrogen) atoms. The molecule has 1 aromatic rings. The molecule has 6 atom stereocenters. The van der Waals surface area contributed by atoms with E-state index in [-0.39, 0.29) is 35.2 Å². The average Bonchev–Trinajstić information content (AvgIpc) is 3.54. The minimum atomic E-state index is -4.64. The quantitative estimate of drug-likeness (QED) is 0.365. The van der Waals surface area contributed by atoms with Crippen molar-refractivity contribution in [2.24, 2.45) is 28.6 Å². The van der Waals surface area contributed by atoms with Crippen molar-refractivity contribution in [3.05, 3.63) is 52.6 Å². The van der Waals surface area contributed by atoms with Gasteiger partial charge in [-0.25, -0.2) is 0 Å². The maximum absolute atomic E-state index is 13.4. The van der Waals surface area contributed by atoms with Crippen LogP contribution in [0.1, 0.15) is 83.6 Å². The summed E-state index contributed by atoms with van der Waals surface area (Å²) in [5.74, 6) is 4.42. The molecule has 212 valence electrons. The molecule has 1 aliphatic heterocycles. The first-order valence-corrected chi connectivity index (χ1v) is 14.9. The summed E-state index contributed by atoms with van der Waals surface area (Å²) in [5, 5.41) is 0. The van der Waals surface area contributed by atoms with E-state index in [0.29, 0.717) is 25.7 Å². The van der Waals surface area contributed by atoms with Crippen LogP contribution in [0.25, 0.3) is 0 Å². The Morgan fingerprint density at radius 1 is 1.10 bits per heavy atom. The van der Waals surface area contributed by atoms with Gasteiger partial charge in [0.1, 0.15) is 5.78 Å². The van der Waals surface area contributed by atoms with Gasteiger partial charge in [0.2, 0.25) is 0 Å². The summed E-state index contributed by atoms with van der Waals surface area (Å²) in [5.41, 5.74) is 4.16. The van der Waals surface area contributed by atoms with E-state index in [1.807, 2.05) is 13.0 Å². The van der Waals surface area contributed by atoms with E-state index in [0.717, 1.165) is 37.1 Å². The highest BCUT2D eigenvalue weighted by atomic mass is 19.4. The highest BCUT2D eigenvalue weighted by Crippen LogP contribution is 2.70. The van der Waals surface area contributed by atoms with E-state index < -0.39 is 17.0 Å². The maximum atomic E-state index is 13.4. The number of halogens is 3. The molecular formula is C34H38F3NO2. The molecule has 0 spiro atoms. The molecule has 0 radical (unpaired) electrons. The second-order valence-electron chi connectivity index (χ2n) is 13.1. The Morgan fingerprint density at radius 3 is 2.45 bits per heavy atom. The Labute approximate surface area is 235 Å². The van der Waals surface area contributed by atoms with Crippen molar-refractivity contribution in [1.82, 2.24) is 0 Å². The normalized spacial score (nSPS) is 35.4. The van der Waals surface area contributed by atoms with Gasteiger partial charge in [0.15, 0.2) is 5.78 Å². The van der Waals surface area contributed by atoms with Crippen LogP contribution in [0.2, 0.25) is 0 Å². The number of Topliss-reactive ketones (excluding diaryl/α,β-unsaturated/α-hetero) is 1. The first-order chi connectivity index (χ1) is 18.9. The van der Waals surface area contributed by atoms with Crippen LogP contribution in [-0.4, -0.2) is 30.8 Å². The van der Waals surface area contributed by atoms with Crippen molar-refractivity contribution in [2.45, 2.75) is 84.2 Å². The highest BCUT2D eigenvalue weighted by Gasteiger charge is 2.65. The van der Waals surface area contributed by atoms with Crippen molar-refractivity contribution in [2.75, 3.05) is 18.0 Å². The van der Waals surface area contributed by atoms with Crippen LogP contribution in [0.4, 0.5) is 18.9 Å². The summed E-state index contributed by atoms with van der Waals surface area (Å²) in [6.07, 6.45) is 3.29. The van der Waals surface area contributed by atoms with Crippen LogP contribution in [-0.2, 0) is 9.59 Å². The highest BCUT2D eigenvalue weighted by molar-refractivity contribution is 5.93. The lowest BCUT2D eigenvalue weighted by Gasteiger charge is -2.55. The van der Waals surface area contributed by atoms with Crippen LogP contribution in [0.5, 0.6) is 0 Å². The van der Waals surface area contributed by atoms with Crippen molar-refractivity contribution < 1.29 is 22.8 Å². The van der Waals surface area contributed by atoms with Crippen LogP contribution in [0.15, 0.2) is 47.1 Å². The fourth-order valence-corrected chi connectivity index (χ4v) is 9.22. The molecule has 3 nitrogen and oxygen atoms in total. The fourth-order valence-electron chi connectivity index (χ4n) is 9.22. The van der Waals surface area contributed by atoms with Crippen molar-refractivity contribution in [3.63, 3.8) is 0 Å². The van der Waals surface area contributed by atoms with Crippen molar-refractivity contribution >= 4 is 17.3 Å². The Bertz CT molecular complexity index is 1350. The van der Waals surface area contributed by atoms with E-state index in [4.69, 9.17) is 0 Å². The summed E-state index contributed by atoms with van der Waals surface area (Å²) in [4.78, 5) is 28.2. The number of fused-ring (bicyclic) bond motifs is 4. The molecule has 1 heterocycles. The molecule has 2 saturated carbocycles. The summed E-state index contributed by atoms with van der Waals surface area (Å²) in [6, 6.07) is 8.73. The molecular weight excluding hydrogens is 511 g/mol. The van der Waals surface area contributed by atoms with Gasteiger partial charge in [0.05, 0.1) is 5.41 Å². The number of ketones is 2. The molecule has 6 heteroatoms. The van der Waals surface area contributed by atoms with E-state index in [1.54, 1.807) is 0 Å². The Morgan fingerprint density at radius 2 is 1.80 bits per heavy atom. The van der Waals surface area contributed by atoms with Gasteiger partial charge in [-0.15, -0.1) is 0 Å². The molecule has 1 aromatic carbocycles. The third kappa shape index (κ3) is 4.27.